The van der Waals surface area contributed by atoms with E-state index in [9.17, 15) is 0 Å². The van der Waals surface area contributed by atoms with E-state index in [0.717, 1.165) is 56.6 Å². The number of nitrogens with zero attached hydrogens (tertiary/aromatic N) is 5. The Morgan fingerprint density at radius 3 is 2.20 bits per heavy atom. The Balaban J connectivity index is 0.00000400. The van der Waals surface area contributed by atoms with Gasteiger partial charge in [-0.25, -0.2) is 0 Å². The van der Waals surface area contributed by atoms with E-state index in [-0.39, 0.29) is 26.5 Å². The minimum Gasteiger partial charge on any atom is -0.521 e. The van der Waals surface area contributed by atoms with E-state index in [2.05, 4.69) is 101 Å². The zero-order valence-corrected chi connectivity index (χ0v) is 29.7. The van der Waals surface area contributed by atoms with E-state index in [4.69, 9.17) is 19.8 Å². The molecule has 6 rings (SSSR count). The smallest absolute Gasteiger partial charge is 0.521 e. The van der Waals surface area contributed by atoms with Crippen LogP contribution in [0.15, 0.2) is 72.9 Å². The first-order valence-corrected chi connectivity index (χ1v) is 15.1. The Hall–Kier alpha value is -4.02. The number of aromatic nitrogens is 5. The van der Waals surface area contributed by atoms with Gasteiger partial charge in [0, 0.05) is 34.3 Å². The quantitative estimate of drug-likeness (QED) is 0.159. The Labute approximate surface area is 280 Å². The molecule has 0 saturated carbocycles. The van der Waals surface area contributed by atoms with Crippen LogP contribution < -0.4 is 4.74 Å². The molecule has 0 unspecified atom stereocenters. The van der Waals surface area contributed by atoms with Gasteiger partial charge in [0.1, 0.15) is 0 Å². The Morgan fingerprint density at radius 1 is 0.756 bits per heavy atom. The van der Waals surface area contributed by atoms with E-state index in [1.165, 1.54) is 5.56 Å². The summed E-state index contributed by atoms with van der Waals surface area (Å²) in [4.78, 5) is 9.71. The van der Waals surface area contributed by atoms with Crippen molar-refractivity contribution >= 4 is 5.65 Å². The number of fused-ring (bicyclic) bond motifs is 1. The van der Waals surface area contributed by atoms with E-state index < -0.39 is 5.41 Å². The van der Waals surface area contributed by atoms with Gasteiger partial charge in [0.2, 0.25) is 0 Å². The molecule has 0 atom stereocenters. The molecule has 0 bridgehead atoms. The molecule has 45 heavy (non-hydrogen) atoms. The second kappa shape index (κ2) is 12.1. The molecule has 6 nitrogen and oxygen atoms in total. The Bertz CT molecular complexity index is 2000. The molecule has 2 aromatic carbocycles. The number of benzene rings is 2. The summed E-state index contributed by atoms with van der Waals surface area (Å²) < 4.78 is 10.6. The normalized spacial score (nSPS) is 11.9. The molecule has 0 spiro atoms. The van der Waals surface area contributed by atoms with Gasteiger partial charge in [-0.3, -0.25) is 14.6 Å². The predicted molar refractivity (Wildman–Crippen MR) is 176 cm³/mol. The topological polar surface area (TPSA) is 57.2 Å². The summed E-state index contributed by atoms with van der Waals surface area (Å²) in [7, 11) is 0. The van der Waals surface area contributed by atoms with Crippen molar-refractivity contribution < 1.29 is 25.8 Å². The molecule has 0 N–H and O–H groups in total. The van der Waals surface area contributed by atoms with Crippen LogP contribution in [0.25, 0.3) is 22.5 Å². The number of rotatable bonds is 6. The van der Waals surface area contributed by atoms with E-state index >= 15 is 0 Å². The van der Waals surface area contributed by atoms with Crippen LogP contribution in [0.4, 0.5) is 0 Å². The van der Waals surface area contributed by atoms with Crippen LogP contribution in [-0.2, 0) is 31.9 Å². The van der Waals surface area contributed by atoms with Crippen molar-refractivity contribution in [1.82, 2.24) is 24.1 Å². The summed E-state index contributed by atoms with van der Waals surface area (Å²) >= 11 is 0. The summed E-state index contributed by atoms with van der Waals surface area (Å²) in [5.41, 5.74) is 10.6. The van der Waals surface area contributed by atoms with Gasteiger partial charge in [-0.1, -0.05) is 70.6 Å². The van der Waals surface area contributed by atoms with Crippen LogP contribution in [0.5, 0.6) is 11.5 Å². The third-order valence-corrected chi connectivity index (χ3v) is 8.51. The molecule has 232 valence electrons. The molecule has 4 heterocycles. The maximum atomic E-state index is 6.48. The van der Waals surface area contributed by atoms with Gasteiger partial charge in [0.25, 0.3) is 0 Å². The molecule has 7 heteroatoms. The second-order valence-electron chi connectivity index (χ2n) is 13.1. The van der Waals surface area contributed by atoms with Gasteiger partial charge >= 0.3 is 21.1 Å². The van der Waals surface area contributed by atoms with Crippen molar-refractivity contribution in [3.63, 3.8) is 0 Å². The van der Waals surface area contributed by atoms with Crippen molar-refractivity contribution in [2.45, 2.75) is 73.1 Å². The maximum absolute atomic E-state index is 6.48. The van der Waals surface area contributed by atoms with Crippen molar-refractivity contribution in [2.24, 2.45) is 0 Å². The number of ether oxygens (including phenoxy) is 1. The van der Waals surface area contributed by atoms with Gasteiger partial charge in [-0.15, -0.1) is 24.3 Å². The summed E-state index contributed by atoms with van der Waals surface area (Å²) in [6, 6.07) is 29.5. The molecule has 0 amide bonds. The van der Waals surface area contributed by atoms with Crippen molar-refractivity contribution in [2.75, 3.05) is 0 Å². The van der Waals surface area contributed by atoms with Gasteiger partial charge in [-0.05, 0) is 67.8 Å². The first kappa shape index (κ1) is 32.4. The van der Waals surface area contributed by atoms with E-state index in [0.29, 0.717) is 11.5 Å². The van der Waals surface area contributed by atoms with Crippen LogP contribution in [0.1, 0.15) is 74.3 Å². The zero-order valence-electron chi connectivity index (χ0n) is 27.4. The summed E-state index contributed by atoms with van der Waals surface area (Å²) in [6.45, 7) is 19.3. The first-order chi connectivity index (χ1) is 20.8. The molecule has 0 aliphatic carbocycles. The third kappa shape index (κ3) is 6.01. The molecule has 6 aromatic rings. The third-order valence-electron chi connectivity index (χ3n) is 8.51. The number of hydrogen-bond acceptors (Lipinski definition) is 4. The van der Waals surface area contributed by atoms with E-state index in [1.54, 1.807) is 0 Å². The Kier molecular flexibility index (Phi) is 8.67. The van der Waals surface area contributed by atoms with Crippen molar-refractivity contribution in [3.8, 4) is 28.3 Å². The summed E-state index contributed by atoms with van der Waals surface area (Å²) in [5, 5.41) is 4.86. The van der Waals surface area contributed by atoms with Crippen LogP contribution in [-0.4, -0.2) is 24.1 Å². The summed E-state index contributed by atoms with van der Waals surface area (Å²) in [5.74, 6) is 1.15. The Morgan fingerprint density at radius 2 is 1.49 bits per heavy atom. The predicted octanol–water partition coefficient (Wildman–Crippen LogP) is 8.83. The molecule has 0 radical (unpaired) electrons. The molecule has 0 aliphatic heterocycles. The second-order valence-corrected chi connectivity index (χ2v) is 13.1. The monoisotopic (exact) mass is 776 g/mol. The standard InChI is InChI=1S/C38H39N5O.Pt/c1-24-26(3)42-34(38(8,9)33-20-29(18-19-39-33)37(5,6)7)22-32(23-35(42)40-24)44-31-17-13-16-30(21-31)43-27(4)36(25(2)41-43)28-14-11-10-12-15-28;/h10-20,23H,1-9H3;/q-2;+2. The molecular formula is C38H39N5OPt. The van der Waals surface area contributed by atoms with Crippen molar-refractivity contribution in [3.05, 3.63) is 125 Å². The minimum absolute atomic E-state index is 0. The SMILES string of the molecule is Cc1nn(-c2[c-]c(Oc3[c-]c(C(C)(C)c4cc(C(C)(C)C)ccn4)n4c(C)c(C)nc4c3)ccc2)c(C)c1-c1ccccc1.[Pt+2]. The average molecular weight is 777 g/mol. The molecule has 0 aliphatic rings. The first-order valence-electron chi connectivity index (χ1n) is 15.1. The molecular weight excluding hydrogens is 738 g/mol. The van der Waals surface area contributed by atoms with Crippen molar-refractivity contribution in [1.29, 1.82) is 0 Å². The fraction of sp³-hybridized carbons (Fsp3) is 0.289. The zero-order chi connectivity index (χ0) is 31.4. The largest absolute Gasteiger partial charge is 2.00 e. The number of aryl methyl sites for hydroxylation is 3. The van der Waals surface area contributed by atoms with E-state index in [1.807, 2.05) is 55.1 Å². The van der Waals surface area contributed by atoms with Gasteiger partial charge < -0.3 is 9.14 Å². The molecule has 0 saturated heterocycles. The maximum Gasteiger partial charge on any atom is 2.00 e. The number of hydrogen-bond donors (Lipinski definition) is 0. The van der Waals surface area contributed by atoms with Gasteiger partial charge in [0.15, 0.2) is 0 Å². The van der Waals surface area contributed by atoms with Crippen LogP contribution in [0.2, 0.25) is 0 Å². The minimum atomic E-state index is -0.486. The van der Waals surface area contributed by atoms with Crippen LogP contribution in [0, 0.1) is 39.8 Å². The van der Waals surface area contributed by atoms with Crippen LogP contribution in [0.3, 0.4) is 0 Å². The van der Waals surface area contributed by atoms with Gasteiger partial charge in [0.05, 0.1) is 22.7 Å². The number of imidazole rings is 1. The summed E-state index contributed by atoms with van der Waals surface area (Å²) in [6.07, 6.45) is 1.91. The van der Waals surface area contributed by atoms with Crippen LogP contribution >= 0.6 is 0 Å². The fourth-order valence-electron chi connectivity index (χ4n) is 5.83. The number of pyridine rings is 2. The molecule has 0 fully saturated rings. The van der Waals surface area contributed by atoms with Gasteiger partial charge in [-0.2, -0.15) is 17.2 Å². The molecule has 4 aromatic heterocycles. The fourth-order valence-corrected chi connectivity index (χ4v) is 5.83. The average Bonchev–Trinajstić information content (AvgIpc) is 3.45.